The standard InChI is InChI=1S/C23H24N2O/c1-16-10-13-20(14-11-16)24-22(19-7-5-4-6-8-19)23(26)25-21-15-17(2)9-12-18(21)3/h4-15,22,24H,1-3H3,(H,25,26)/t22-/m1/s1. The highest BCUT2D eigenvalue weighted by molar-refractivity contribution is 5.97. The molecular formula is C23H24N2O. The maximum atomic E-state index is 13.1. The monoisotopic (exact) mass is 344 g/mol. The molecule has 3 aromatic carbocycles. The van der Waals surface area contributed by atoms with Gasteiger partial charge in [-0.05, 0) is 55.7 Å². The fourth-order valence-electron chi connectivity index (χ4n) is 2.84. The maximum Gasteiger partial charge on any atom is 0.251 e. The number of anilines is 2. The van der Waals surface area contributed by atoms with Gasteiger partial charge in [-0.2, -0.15) is 0 Å². The van der Waals surface area contributed by atoms with E-state index >= 15 is 0 Å². The van der Waals surface area contributed by atoms with E-state index in [2.05, 4.69) is 10.6 Å². The summed E-state index contributed by atoms with van der Waals surface area (Å²) in [6.45, 7) is 6.07. The Hall–Kier alpha value is -3.07. The summed E-state index contributed by atoms with van der Waals surface area (Å²) < 4.78 is 0. The van der Waals surface area contributed by atoms with Crippen LogP contribution in [-0.4, -0.2) is 5.91 Å². The minimum Gasteiger partial charge on any atom is -0.370 e. The lowest BCUT2D eigenvalue weighted by molar-refractivity contribution is -0.117. The summed E-state index contributed by atoms with van der Waals surface area (Å²) in [4.78, 5) is 13.1. The third-order valence-corrected chi connectivity index (χ3v) is 4.41. The molecule has 2 N–H and O–H groups in total. The van der Waals surface area contributed by atoms with E-state index in [1.54, 1.807) is 0 Å². The number of benzene rings is 3. The van der Waals surface area contributed by atoms with Gasteiger partial charge in [0.1, 0.15) is 6.04 Å². The zero-order valence-corrected chi connectivity index (χ0v) is 15.4. The van der Waals surface area contributed by atoms with Crippen molar-refractivity contribution in [3.05, 3.63) is 95.1 Å². The van der Waals surface area contributed by atoms with Gasteiger partial charge < -0.3 is 10.6 Å². The van der Waals surface area contributed by atoms with Crippen LogP contribution in [0.2, 0.25) is 0 Å². The molecule has 132 valence electrons. The second-order valence-electron chi connectivity index (χ2n) is 6.66. The first-order valence-electron chi connectivity index (χ1n) is 8.79. The third-order valence-electron chi connectivity index (χ3n) is 4.41. The van der Waals surface area contributed by atoms with Crippen molar-refractivity contribution < 1.29 is 4.79 Å². The van der Waals surface area contributed by atoms with Crippen LogP contribution in [0.5, 0.6) is 0 Å². The molecule has 3 aromatic rings. The molecule has 26 heavy (non-hydrogen) atoms. The highest BCUT2D eigenvalue weighted by Crippen LogP contribution is 2.23. The van der Waals surface area contributed by atoms with Crippen molar-refractivity contribution >= 4 is 17.3 Å². The van der Waals surface area contributed by atoms with Crippen LogP contribution in [0, 0.1) is 20.8 Å². The van der Waals surface area contributed by atoms with Crippen molar-refractivity contribution in [2.45, 2.75) is 26.8 Å². The van der Waals surface area contributed by atoms with Gasteiger partial charge in [0, 0.05) is 11.4 Å². The molecule has 0 saturated heterocycles. The molecule has 0 bridgehead atoms. The van der Waals surface area contributed by atoms with Crippen molar-refractivity contribution in [3.8, 4) is 0 Å². The van der Waals surface area contributed by atoms with Crippen LogP contribution in [-0.2, 0) is 4.79 Å². The van der Waals surface area contributed by atoms with Crippen molar-refractivity contribution in [2.24, 2.45) is 0 Å². The van der Waals surface area contributed by atoms with E-state index in [1.165, 1.54) is 5.56 Å². The number of hydrogen-bond donors (Lipinski definition) is 2. The summed E-state index contributed by atoms with van der Waals surface area (Å²) >= 11 is 0. The fraction of sp³-hybridized carbons (Fsp3) is 0.174. The summed E-state index contributed by atoms with van der Waals surface area (Å²) in [6, 6.07) is 23.4. The van der Waals surface area contributed by atoms with Crippen LogP contribution >= 0.6 is 0 Å². The topological polar surface area (TPSA) is 41.1 Å². The van der Waals surface area contributed by atoms with Gasteiger partial charge in [-0.15, -0.1) is 0 Å². The Morgan fingerprint density at radius 2 is 1.46 bits per heavy atom. The predicted octanol–water partition coefficient (Wildman–Crippen LogP) is 5.40. The molecule has 3 nitrogen and oxygen atoms in total. The van der Waals surface area contributed by atoms with Gasteiger partial charge in [0.25, 0.3) is 5.91 Å². The molecule has 0 unspecified atom stereocenters. The van der Waals surface area contributed by atoms with Gasteiger partial charge in [-0.3, -0.25) is 4.79 Å². The van der Waals surface area contributed by atoms with Gasteiger partial charge in [0.15, 0.2) is 0 Å². The zero-order valence-electron chi connectivity index (χ0n) is 15.4. The van der Waals surface area contributed by atoms with E-state index in [9.17, 15) is 4.79 Å². The summed E-state index contributed by atoms with van der Waals surface area (Å²) in [6.07, 6.45) is 0. The van der Waals surface area contributed by atoms with E-state index in [-0.39, 0.29) is 5.91 Å². The van der Waals surface area contributed by atoms with Crippen molar-refractivity contribution in [1.82, 2.24) is 0 Å². The Bertz CT molecular complexity index is 886. The third kappa shape index (κ3) is 4.31. The van der Waals surface area contributed by atoms with E-state index in [0.717, 1.165) is 28.1 Å². The molecule has 0 aliphatic heterocycles. The normalized spacial score (nSPS) is 11.7. The molecule has 0 heterocycles. The molecule has 1 atom stereocenters. The Morgan fingerprint density at radius 3 is 2.15 bits per heavy atom. The molecule has 1 amide bonds. The van der Waals surface area contributed by atoms with Crippen molar-refractivity contribution in [2.75, 3.05) is 10.6 Å². The minimum atomic E-state index is -0.473. The molecular weight excluding hydrogens is 320 g/mol. The Morgan fingerprint density at radius 1 is 0.808 bits per heavy atom. The van der Waals surface area contributed by atoms with Gasteiger partial charge in [0.2, 0.25) is 0 Å². The summed E-state index contributed by atoms with van der Waals surface area (Å²) in [5.41, 5.74) is 6.05. The quantitative estimate of drug-likeness (QED) is 0.650. The van der Waals surface area contributed by atoms with E-state index in [0.29, 0.717) is 0 Å². The van der Waals surface area contributed by atoms with Crippen LogP contribution in [0.25, 0.3) is 0 Å². The average molecular weight is 344 g/mol. The summed E-state index contributed by atoms with van der Waals surface area (Å²) in [5, 5.41) is 6.44. The number of carbonyl (C=O) groups excluding carboxylic acids is 1. The number of amides is 1. The van der Waals surface area contributed by atoms with Crippen LogP contribution in [0.4, 0.5) is 11.4 Å². The van der Waals surface area contributed by atoms with Gasteiger partial charge >= 0.3 is 0 Å². The highest BCUT2D eigenvalue weighted by Gasteiger charge is 2.21. The Kier molecular flexibility index (Phi) is 5.37. The van der Waals surface area contributed by atoms with Crippen molar-refractivity contribution in [3.63, 3.8) is 0 Å². The molecule has 3 rings (SSSR count). The van der Waals surface area contributed by atoms with Gasteiger partial charge in [0.05, 0.1) is 0 Å². The molecule has 0 aliphatic carbocycles. The molecule has 0 spiro atoms. The van der Waals surface area contributed by atoms with Gasteiger partial charge in [-0.1, -0.05) is 60.2 Å². The molecule has 0 radical (unpaired) electrons. The SMILES string of the molecule is Cc1ccc(N[C@@H](C(=O)Nc2cc(C)ccc2C)c2ccccc2)cc1. The van der Waals surface area contributed by atoms with E-state index in [4.69, 9.17) is 0 Å². The van der Waals surface area contributed by atoms with Crippen LogP contribution < -0.4 is 10.6 Å². The lowest BCUT2D eigenvalue weighted by Crippen LogP contribution is -2.27. The smallest absolute Gasteiger partial charge is 0.251 e. The first kappa shape index (κ1) is 17.7. The Labute approximate surface area is 155 Å². The average Bonchev–Trinajstić information content (AvgIpc) is 2.65. The first-order chi connectivity index (χ1) is 12.5. The van der Waals surface area contributed by atoms with Crippen LogP contribution in [0.1, 0.15) is 28.3 Å². The maximum absolute atomic E-state index is 13.1. The van der Waals surface area contributed by atoms with Gasteiger partial charge in [-0.25, -0.2) is 0 Å². The first-order valence-corrected chi connectivity index (χ1v) is 8.79. The predicted molar refractivity (Wildman–Crippen MR) is 109 cm³/mol. The molecule has 0 fully saturated rings. The summed E-state index contributed by atoms with van der Waals surface area (Å²) in [7, 11) is 0. The molecule has 0 aliphatic rings. The molecule has 3 heteroatoms. The number of carbonyl (C=O) groups is 1. The second-order valence-corrected chi connectivity index (χ2v) is 6.66. The number of aryl methyl sites for hydroxylation is 3. The molecule has 0 saturated carbocycles. The number of nitrogens with one attached hydrogen (secondary N) is 2. The van der Waals surface area contributed by atoms with E-state index in [1.807, 2.05) is 93.6 Å². The lowest BCUT2D eigenvalue weighted by atomic mass is 10.0. The summed E-state index contributed by atoms with van der Waals surface area (Å²) in [5.74, 6) is -0.0783. The van der Waals surface area contributed by atoms with E-state index < -0.39 is 6.04 Å². The lowest BCUT2D eigenvalue weighted by Gasteiger charge is -2.21. The zero-order chi connectivity index (χ0) is 18.5. The Balaban J connectivity index is 1.88. The molecule has 0 aromatic heterocycles. The van der Waals surface area contributed by atoms with Crippen molar-refractivity contribution in [1.29, 1.82) is 0 Å². The second kappa shape index (κ2) is 7.87. The number of hydrogen-bond acceptors (Lipinski definition) is 2. The minimum absolute atomic E-state index is 0.0783. The largest absolute Gasteiger partial charge is 0.370 e. The fourth-order valence-corrected chi connectivity index (χ4v) is 2.84. The van der Waals surface area contributed by atoms with Crippen LogP contribution in [0.3, 0.4) is 0 Å². The highest BCUT2D eigenvalue weighted by atomic mass is 16.2. The van der Waals surface area contributed by atoms with Crippen LogP contribution in [0.15, 0.2) is 72.8 Å². The number of rotatable bonds is 5.